The fourth-order valence-corrected chi connectivity index (χ4v) is 1.76. The molecule has 0 radical (unpaired) electrons. The molecule has 0 atom stereocenters. The largest absolute Gasteiger partial charge is 0.478 e. The first-order valence-corrected chi connectivity index (χ1v) is 6.37. The topological polar surface area (TPSA) is 77.2 Å². The number of rotatable bonds is 4. The lowest BCUT2D eigenvalue weighted by Gasteiger charge is -2.09. The number of hydrogen-bond donors (Lipinski definition) is 2. The molecule has 0 saturated heterocycles. The van der Waals surface area contributed by atoms with Crippen LogP contribution >= 0.6 is 0 Å². The van der Waals surface area contributed by atoms with Crippen molar-refractivity contribution in [3.05, 3.63) is 47.7 Å². The molecule has 0 bridgehead atoms. The molecule has 0 saturated carbocycles. The van der Waals surface area contributed by atoms with Crippen molar-refractivity contribution >= 4 is 17.3 Å². The molecule has 0 unspecified atom stereocenters. The number of carbonyl (C=O) groups excluding carboxylic acids is 1. The number of amides is 1. The van der Waals surface area contributed by atoms with E-state index >= 15 is 0 Å². The Kier molecular flexibility index (Phi) is 4.20. The number of para-hydroxylation sites is 1. The first-order valence-electron chi connectivity index (χ1n) is 6.37. The number of nitrogens with one attached hydrogen (secondary N) is 1. The van der Waals surface area contributed by atoms with Gasteiger partial charge in [-0.25, -0.2) is 4.98 Å². The second-order valence-electron chi connectivity index (χ2n) is 4.31. The van der Waals surface area contributed by atoms with Gasteiger partial charge in [-0.1, -0.05) is 12.1 Å². The summed E-state index contributed by atoms with van der Waals surface area (Å²) in [7, 11) is 0. The normalized spacial score (nSPS) is 10.1. The molecule has 0 spiro atoms. The molecule has 5 nitrogen and oxygen atoms in total. The number of aromatic nitrogens is 1. The van der Waals surface area contributed by atoms with Crippen LogP contribution in [0.5, 0.6) is 5.88 Å². The van der Waals surface area contributed by atoms with E-state index in [1.54, 1.807) is 30.5 Å². The number of ether oxygens (including phenoxy) is 1. The first-order chi connectivity index (χ1) is 9.61. The van der Waals surface area contributed by atoms with Crippen molar-refractivity contribution in [3.8, 4) is 5.88 Å². The van der Waals surface area contributed by atoms with Gasteiger partial charge in [0.15, 0.2) is 0 Å². The molecule has 1 amide bonds. The summed E-state index contributed by atoms with van der Waals surface area (Å²) in [5.41, 5.74) is 8.33. The molecule has 0 aliphatic rings. The summed E-state index contributed by atoms with van der Waals surface area (Å²) in [5, 5.41) is 2.76. The molecular weight excluding hydrogens is 254 g/mol. The molecule has 0 aliphatic carbocycles. The molecule has 5 heteroatoms. The number of carbonyl (C=O) groups is 1. The number of aryl methyl sites for hydroxylation is 1. The zero-order chi connectivity index (χ0) is 14.5. The van der Waals surface area contributed by atoms with Gasteiger partial charge in [0.05, 0.1) is 24.1 Å². The van der Waals surface area contributed by atoms with Crippen LogP contribution in [0.1, 0.15) is 22.8 Å². The Morgan fingerprint density at radius 3 is 2.80 bits per heavy atom. The maximum atomic E-state index is 12.1. The van der Waals surface area contributed by atoms with Gasteiger partial charge >= 0.3 is 0 Å². The molecule has 1 heterocycles. The average Bonchev–Trinajstić information content (AvgIpc) is 2.44. The van der Waals surface area contributed by atoms with Crippen LogP contribution in [-0.4, -0.2) is 17.5 Å². The third-order valence-electron chi connectivity index (χ3n) is 2.86. The summed E-state index contributed by atoms with van der Waals surface area (Å²) in [6.45, 7) is 4.31. The van der Waals surface area contributed by atoms with Gasteiger partial charge in [0.2, 0.25) is 5.88 Å². The lowest BCUT2D eigenvalue weighted by Crippen LogP contribution is -2.14. The fraction of sp³-hybridized carbons (Fsp3) is 0.200. The summed E-state index contributed by atoms with van der Waals surface area (Å²) in [6.07, 6.45) is 1.55. The molecule has 104 valence electrons. The Labute approximate surface area is 117 Å². The van der Waals surface area contributed by atoms with Crippen molar-refractivity contribution in [2.24, 2.45) is 0 Å². The molecule has 0 aliphatic heterocycles. The molecule has 2 rings (SSSR count). The number of hydrogen-bond acceptors (Lipinski definition) is 4. The van der Waals surface area contributed by atoms with E-state index < -0.39 is 0 Å². The van der Waals surface area contributed by atoms with Crippen molar-refractivity contribution in [3.63, 3.8) is 0 Å². The smallest absolute Gasteiger partial charge is 0.257 e. The van der Waals surface area contributed by atoms with Crippen LogP contribution in [0, 0.1) is 6.92 Å². The van der Waals surface area contributed by atoms with Crippen molar-refractivity contribution < 1.29 is 9.53 Å². The van der Waals surface area contributed by atoms with Crippen LogP contribution in [0.25, 0.3) is 0 Å². The molecule has 3 N–H and O–H groups in total. The van der Waals surface area contributed by atoms with Gasteiger partial charge in [-0.15, -0.1) is 0 Å². The van der Waals surface area contributed by atoms with E-state index in [1.165, 1.54) is 0 Å². The summed E-state index contributed by atoms with van der Waals surface area (Å²) in [4.78, 5) is 16.2. The van der Waals surface area contributed by atoms with Gasteiger partial charge < -0.3 is 15.8 Å². The third-order valence-corrected chi connectivity index (χ3v) is 2.86. The maximum absolute atomic E-state index is 12.1. The van der Waals surface area contributed by atoms with E-state index in [0.29, 0.717) is 29.4 Å². The number of pyridine rings is 1. The second kappa shape index (κ2) is 6.06. The third kappa shape index (κ3) is 3.06. The Hall–Kier alpha value is -2.56. The SMILES string of the molecule is CCOc1ccc(NC(=O)c2cccc(C)c2N)cn1. The van der Waals surface area contributed by atoms with Gasteiger partial charge in [-0.2, -0.15) is 0 Å². The molecule has 0 fully saturated rings. The number of anilines is 2. The molecular formula is C15H17N3O2. The van der Waals surface area contributed by atoms with Crippen molar-refractivity contribution in [1.29, 1.82) is 0 Å². The van der Waals surface area contributed by atoms with E-state index in [2.05, 4.69) is 10.3 Å². The minimum absolute atomic E-state index is 0.253. The Morgan fingerprint density at radius 2 is 2.15 bits per heavy atom. The minimum Gasteiger partial charge on any atom is -0.478 e. The highest BCUT2D eigenvalue weighted by atomic mass is 16.5. The summed E-state index contributed by atoms with van der Waals surface area (Å²) in [6, 6.07) is 8.81. The highest BCUT2D eigenvalue weighted by Gasteiger charge is 2.11. The predicted octanol–water partition coefficient (Wildman–Crippen LogP) is 2.62. The highest BCUT2D eigenvalue weighted by Crippen LogP contribution is 2.18. The van der Waals surface area contributed by atoms with E-state index in [4.69, 9.17) is 10.5 Å². The number of nitrogens with zero attached hydrogens (tertiary/aromatic N) is 1. The van der Waals surface area contributed by atoms with Gasteiger partial charge in [-0.05, 0) is 31.5 Å². The average molecular weight is 271 g/mol. The van der Waals surface area contributed by atoms with Gasteiger partial charge in [0.1, 0.15) is 0 Å². The standard InChI is InChI=1S/C15H17N3O2/c1-3-20-13-8-7-11(9-17-13)18-15(19)12-6-4-5-10(2)14(12)16/h4-9H,3,16H2,1-2H3,(H,18,19). The van der Waals surface area contributed by atoms with E-state index in [-0.39, 0.29) is 5.91 Å². The summed E-state index contributed by atoms with van der Waals surface area (Å²) < 4.78 is 5.24. The highest BCUT2D eigenvalue weighted by molar-refractivity contribution is 6.08. The molecule has 1 aromatic carbocycles. The van der Waals surface area contributed by atoms with Crippen LogP contribution in [0.2, 0.25) is 0 Å². The number of nitrogen functional groups attached to an aromatic ring is 1. The minimum atomic E-state index is -0.253. The lowest BCUT2D eigenvalue weighted by atomic mass is 10.1. The van der Waals surface area contributed by atoms with Crippen molar-refractivity contribution in [1.82, 2.24) is 4.98 Å². The lowest BCUT2D eigenvalue weighted by molar-refractivity contribution is 0.102. The fourth-order valence-electron chi connectivity index (χ4n) is 1.76. The van der Waals surface area contributed by atoms with Gasteiger partial charge in [0, 0.05) is 11.8 Å². The number of nitrogens with two attached hydrogens (primary N) is 1. The second-order valence-corrected chi connectivity index (χ2v) is 4.31. The first kappa shape index (κ1) is 13.9. The summed E-state index contributed by atoms with van der Waals surface area (Å²) in [5.74, 6) is 0.276. The zero-order valence-corrected chi connectivity index (χ0v) is 11.5. The Balaban J connectivity index is 2.13. The monoisotopic (exact) mass is 271 g/mol. The van der Waals surface area contributed by atoms with Crippen molar-refractivity contribution in [2.75, 3.05) is 17.7 Å². The van der Waals surface area contributed by atoms with Crippen LogP contribution in [0.3, 0.4) is 0 Å². The van der Waals surface area contributed by atoms with Crippen LogP contribution in [-0.2, 0) is 0 Å². The van der Waals surface area contributed by atoms with E-state index in [0.717, 1.165) is 5.56 Å². The van der Waals surface area contributed by atoms with Crippen LogP contribution in [0.15, 0.2) is 36.5 Å². The van der Waals surface area contributed by atoms with Crippen LogP contribution in [0.4, 0.5) is 11.4 Å². The van der Waals surface area contributed by atoms with Gasteiger partial charge in [0.25, 0.3) is 5.91 Å². The van der Waals surface area contributed by atoms with Crippen molar-refractivity contribution in [2.45, 2.75) is 13.8 Å². The Bertz CT molecular complexity index is 609. The number of benzene rings is 1. The molecule has 20 heavy (non-hydrogen) atoms. The van der Waals surface area contributed by atoms with Crippen LogP contribution < -0.4 is 15.8 Å². The Morgan fingerprint density at radius 1 is 1.35 bits per heavy atom. The van der Waals surface area contributed by atoms with E-state index in [1.807, 2.05) is 19.9 Å². The van der Waals surface area contributed by atoms with Gasteiger partial charge in [-0.3, -0.25) is 4.79 Å². The quantitative estimate of drug-likeness (QED) is 0.838. The molecule has 2 aromatic rings. The summed E-state index contributed by atoms with van der Waals surface area (Å²) >= 11 is 0. The molecule has 1 aromatic heterocycles. The predicted molar refractivity (Wildman–Crippen MR) is 79.0 cm³/mol. The maximum Gasteiger partial charge on any atom is 0.257 e. The van der Waals surface area contributed by atoms with E-state index in [9.17, 15) is 4.79 Å². The zero-order valence-electron chi connectivity index (χ0n) is 11.5.